The molecule has 16 heteroatoms. The third-order valence-corrected chi connectivity index (χ3v) is 13.6. The number of carbonyl (C=O) groups excluding carboxylic acids is 5. The highest BCUT2D eigenvalue weighted by Gasteiger charge is 2.43. The van der Waals surface area contributed by atoms with Gasteiger partial charge in [0.25, 0.3) is 0 Å². The molecule has 1 aliphatic rings. The first-order chi connectivity index (χ1) is 29.0. The van der Waals surface area contributed by atoms with Crippen LogP contribution in [0.4, 0.5) is 4.79 Å². The van der Waals surface area contributed by atoms with Crippen molar-refractivity contribution in [3.8, 4) is 0 Å². The standard InChI is InChI=1S/C46H81N5O10S/c1-16-31(6)40(50(11)45(55)38(29(2)3)48-44(54)39(30(4)5)49(9)10)36(58-12)28-37(52)51-25-20-24-35(51)41(59-13)32(7)43(53)47-33(8)42(34-22-18-17-19-23-34)61-46(56)60-26-21-27-62(14,15)57/h17-19,22-23,29-33,35-36,38-42,62H,16,20-21,24-28H2,1-15H3,(H,47,53)(H,48,54)/t31-,32+,33+,35-,36+,38-,39-,40-,41-,42+/m0/s1. The first-order valence-electron chi connectivity index (χ1n) is 22.3. The predicted octanol–water partition coefficient (Wildman–Crippen LogP) is 4.70. The molecule has 356 valence electrons. The first-order valence-corrected chi connectivity index (χ1v) is 25.1. The molecule has 0 aliphatic carbocycles. The van der Waals surface area contributed by atoms with Gasteiger partial charge in [0.05, 0.1) is 55.3 Å². The molecule has 2 N–H and O–H groups in total. The van der Waals surface area contributed by atoms with Gasteiger partial charge >= 0.3 is 6.16 Å². The van der Waals surface area contributed by atoms with Gasteiger partial charge < -0.3 is 39.4 Å². The summed E-state index contributed by atoms with van der Waals surface area (Å²) in [6, 6.07) is 6.31. The van der Waals surface area contributed by atoms with Gasteiger partial charge in [-0.3, -0.25) is 28.3 Å². The number of rotatable bonds is 25. The number of hydrogen-bond acceptors (Lipinski definition) is 11. The molecular formula is C46H81N5O10S. The Balaban J connectivity index is 2.26. The monoisotopic (exact) mass is 896 g/mol. The minimum Gasteiger partial charge on any atom is -0.434 e. The first kappa shape index (κ1) is 54.5. The zero-order valence-electron chi connectivity index (χ0n) is 40.3. The van der Waals surface area contributed by atoms with E-state index in [1.165, 1.54) is 7.11 Å². The Morgan fingerprint density at radius 2 is 1.52 bits per heavy atom. The van der Waals surface area contributed by atoms with Crippen molar-refractivity contribution in [2.24, 2.45) is 23.7 Å². The van der Waals surface area contributed by atoms with Gasteiger partial charge in [0.1, 0.15) is 6.04 Å². The van der Waals surface area contributed by atoms with Crippen LogP contribution in [-0.4, -0.2) is 158 Å². The van der Waals surface area contributed by atoms with Crippen molar-refractivity contribution in [2.45, 2.75) is 136 Å². The molecule has 0 bridgehead atoms. The lowest BCUT2D eigenvalue weighted by molar-refractivity contribution is -0.148. The summed E-state index contributed by atoms with van der Waals surface area (Å²) in [5.74, 6) is -1.46. The van der Waals surface area contributed by atoms with Crippen molar-refractivity contribution in [1.29, 1.82) is 0 Å². The molecule has 1 heterocycles. The van der Waals surface area contributed by atoms with E-state index in [0.717, 1.165) is 0 Å². The zero-order chi connectivity index (χ0) is 47.1. The summed E-state index contributed by atoms with van der Waals surface area (Å²) in [4.78, 5) is 74.2. The number of likely N-dealkylation sites (tertiary alicyclic amines) is 1. The Labute approximate surface area is 373 Å². The third-order valence-electron chi connectivity index (χ3n) is 12.2. The molecule has 2 rings (SSSR count). The summed E-state index contributed by atoms with van der Waals surface area (Å²) < 4.78 is 35.2. The van der Waals surface area contributed by atoms with Gasteiger partial charge in [0, 0.05) is 33.6 Å². The fraction of sp³-hybridized carbons (Fsp3) is 0.761. The Bertz CT molecular complexity index is 1620. The van der Waals surface area contributed by atoms with Crippen LogP contribution in [0.2, 0.25) is 0 Å². The molecule has 0 saturated carbocycles. The van der Waals surface area contributed by atoms with Gasteiger partial charge in [0.15, 0.2) is 6.10 Å². The smallest absolute Gasteiger partial charge is 0.434 e. The number of thiol groups is 1. The maximum absolute atomic E-state index is 14.4. The van der Waals surface area contributed by atoms with Crippen molar-refractivity contribution in [3.63, 3.8) is 0 Å². The van der Waals surface area contributed by atoms with E-state index in [1.807, 2.05) is 78.7 Å². The fourth-order valence-corrected chi connectivity index (χ4v) is 9.57. The lowest BCUT2D eigenvalue weighted by Gasteiger charge is -2.41. The minimum atomic E-state index is -2.25. The molecule has 1 aromatic rings. The van der Waals surface area contributed by atoms with Crippen molar-refractivity contribution in [2.75, 3.05) is 66.8 Å². The summed E-state index contributed by atoms with van der Waals surface area (Å²) in [6.07, 6.45) is 2.77. The van der Waals surface area contributed by atoms with E-state index in [0.29, 0.717) is 43.5 Å². The Morgan fingerprint density at radius 1 is 0.887 bits per heavy atom. The highest BCUT2D eigenvalue weighted by Crippen LogP contribution is 2.30. The number of ether oxygens (including phenoxy) is 4. The maximum Gasteiger partial charge on any atom is 0.508 e. The Kier molecular flexibility index (Phi) is 22.5. The van der Waals surface area contributed by atoms with E-state index >= 15 is 0 Å². The molecule has 1 aromatic carbocycles. The van der Waals surface area contributed by atoms with Crippen molar-refractivity contribution >= 4 is 39.7 Å². The van der Waals surface area contributed by atoms with Crippen LogP contribution in [0.3, 0.4) is 0 Å². The molecule has 0 aromatic heterocycles. The average molecular weight is 896 g/mol. The highest BCUT2D eigenvalue weighted by atomic mass is 32.2. The van der Waals surface area contributed by atoms with E-state index in [9.17, 15) is 28.2 Å². The molecule has 0 radical (unpaired) electrons. The predicted molar refractivity (Wildman–Crippen MR) is 245 cm³/mol. The van der Waals surface area contributed by atoms with Crippen LogP contribution in [0.1, 0.15) is 99.2 Å². The highest BCUT2D eigenvalue weighted by molar-refractivity contribution is 8.01. The third kappa shape index (κ3) is 15.9. The van der Waals surface area contributed by atoms with Crippen LogP contribution in [0.25, 0.3) is 0 Å². The summed E-state index contributed by atoms with van der Waals surface area (Å²) in [5, 5.41) is 6.06. The number of nitrogens with one attached hydrogen (secondary N) is 2. The van der Waals surface area contributed by atoms with Crippen molar-refractivity contribution < 1.29 is 47.1 Å². The number of hydrogen-bond donors (Lipinski definition) is 3. The second-order valence-corrected chi connectivity index (χ2v) is 22.1. The van der Waals surface area contributed by atoms with E-state index in [1.54, 1.807) is 62.4 Å². The van der Waals surface area contributed by atoms with Gasteiger partial charge in [-0.05, 0) is 76.1 Å². The van der Waals surface area contributed by atoms with Crippen LogP contribution >= 0.6 is 0 Å². The summed E-state index contributed by atoms with van der Waals surface area (Å²) >= 11 is 0. The SMILES string of the molecule is CC[C@H](C)[C@@H]([C@@H](CC(=O)N1CCC[C@H]1[C@@H](OC)[C@@H](C)C(=O)N[C@H](C)[C@@H](OC(=O)OCCC[SH](C)(C)=O)c1ccccc1)OC)N(C)C(=O)[C@@H](NC(=O)[C@H](C(C)C)N(C)C)C(C)C. The van der Waals surface area contributed by atoms with Gasteiger partial charge in [0.2, 0.25) is 23.6 Å². The lowest BCUT2D eigenvalue weighted by Crippen LogP contribution is -2.59. The molecule has 0 spiro atoms. The normalized spacial score (nSPS) is 19.1. The van der Waals surface area contributed by atoms with Crippen LogP contribution in [0.15, 0.2) is 30.3 Å². The molecule has 1 fully saturated rings. The van der Waals surface area contributed by atoms with E-state index in [2.05, 4.69) is 10.6 Å². The molecule has 0 unspecified atom stereocenters. The zero-order valence-corrected chi connectivity index (χ0v) is 41.2. The van der Waals surface area contributed by atoms with Crippen LogP contribution in [0, 0.1) is 23.7 Å². The molecule has 10 atom stereocenters. The average Bonchev–Trinajstić information content (AvgIpc) is 3.69. The van der Waals surface area contributed by atoms with Crippen LogP contribution in [0.5, 0.6) is 0 Å². The summed E-state index contributed by atoms with van der Waals surface area (Å²) in [6.45, 7) is 15.9. The van der Waals surface area contributed by atoms with E-state index in [4.69, 9.17) is 18.9 Å². The van der Waals surface area contributed by atoms with Crippen LogP contribution in [-0.2, 0) is 48.1 Å². The summed E-state index contributed by atoms with van der Waals surface area (Å²) in [7, 11) is 6.25. The molecular weight excluding hydrogens is 815 g/mol. The molecule has 1 aliphatic heterocycles. The quantitative estimate of drug-likeness (QED) is 0.0706. The Hall–Kier alpha value is -3.60. The number of carbonyl (C=O) groups is 5. The molecule has 15 nitrogen and oxygen atoms in total. The van der Waals surface area contributed by atoms with Crippen molar-refractivity contribution in [3.05, 3.63) is 35.9 Å². The second kappa shape index (κ2) is 25.6. The number of benzene rings is 1. The molecule has 1 saturated heterocycles. The lowest BCUT2D eigenvalue weighted by atomic mass is 9.89. The topological polar surface area (TPSA) is 173 Å². The Morgan fingerprint density at radius 3 is 2.03 bits per heavy atom. The number of likely N-dealkylation sites (N-methyl/N-ethyl adjacent to an activating group) is 2. The van der Waals surface area contributed by atoms with Gasteiger partial charge in [-0.25, -0.2) is 4.79 Å². The minimum absolute atomic E-state index is 0.00910. The van der Waals surface area contributed by atoms with Crippen molar-refractivity contribution in [1.82, 2.24) is 25.3 Å². The molecule has 4 amide bonds. The second-order valence-electron chi connectivity index (χ2n) is 18.5. The maximum atomic E-state index is 14.4. The summed E-state index contributed by atoms with van der Waals surface area (Å²) in [5.41, 5.74) is 0.664. The van der Waals surface area contributed by atoms with Gasteiger partial charge in [-0.2, -0.15) is 0 Å². The van der Waals surface area contributed by atoms with Crippen LogP contribution < -0.4 is 10.6 Å². The number of methoxy groups -OCH3 is 2. The van der Waals surface area contributed by atoms with E-state index < -0.39 is 70.5 Å². The molecule has 62 heavy (non-hydrogen) atoms. The number of nitrogens with zero attached hydrogens (tertiary/aromatic N) is 3. The fourth-order valence-electron chi connectivity index (χ4n) is 8.68. The van der Waals surface area contributed by atoms with E-state index in [-0.39, 0.29) is 54.4 Å². The largest absolute Gasteiger partial charge is 0.508 e. The van der Waals surface area contributed by atoms with Gasteiger partial charge in [-0.15, -0.1) is 9.93 Å². The van der Waals surface area contributed by atoms with Gasteiger partial charge in [-0.1, -0.05) is 85.2 Å². The number of amides is 4.